The lowest BCUT2D eigenvalue weighted by molar-refractivity contribution is 0.0592. The first kappa shape index (κ1) is 11.8. The van der Waals surface area contributed by atoms with E-state index in [1.165, 1.54) is 13.2 Å². The number of esters is 1. The van der Waals surface area contributed by atoms with Crippen LogP contribution in [0.4, 0.5) is 0 Å². The highest BCUT2D eigenvalue weighted by molar-refractivity contribution is 6.33. The molecule has 0 aromatic carbocycles. The number of amides is 1. The summed E-state index contributed by atoms with van der Waals surface area (Å²) in [6.07, 6.45) is 1.96. The van der Waals surface area contributed by atoms with E-state index in [-0.39, 0.29) is 28.4 Å². The Kier molecular flexibility index (Phi) is 3.23. The summed E-state index contributed by atoms with van der Waals surface area (Å²) in [5.74, 6) is -1.02. The van der Waals surface area contributed by atoms with E-state index in [4.69, 9.17) is 11.6 Å². The second-order valence-electron chi connectivity index (χ2n) is 3.67. The van der Waals surface area contributed by atoms with E-state index in [2.05, 4.69) is 20.3 Å². The quantitative estimate of drug-likeness (QED) is 0.809. The first-order valence-electron chi connectivity index (χ1n) is 5.04. The maximum atomic E-state index is 11.6. The molecule has 90 valence electrons. The fourth-order valence-corrected chi connectivity index (χ4v) is 1.42. The molecule has 6 nitrogen and oxygen atoms in total. The number of nitrogens with one attached hydrogen (secondary N) is 1. The minimum Gasteiger partial charge on any atom is -0.464 e. The van der Waals surface area contributed by atoms with Crippen molar-refractivity contribution in [3.8, 4) is 0 Å². The molecule has 7 heteroatoms. The number of aromatic nitrogens is 2. The second-order valence-corrected chi connectivity index (χ2v) is 4.07. The lowest BCUT2D eigenvalue weighted by atomic mass is 10.3. The molecule has 2 rings (SSSR count). The predicted molar refractivity (Wildman–Crippen MR) is 58.9 cm³/mol. The van der Waals surface area contributed by atoms with Gasteiger partial charge < -0.3 is 10.1 Å². The minimum absolute atomic E-state index is 0.0489. The van der Waals surface area contributed by atoms with Gasteiger partial charge in [-0.2, -0.15) is 0 Å². The first-order valence-corrected chi connectivity index (χ1v) is 5.42. The van der Waals surface area contributed by atoms with Crippen LogP contribution in [0.1, 0.15) is 33.8 Å². The fourth-order valence-electron chi connectivity index (χ4n) is 1.20. The summed E-state index contributed by atoms with van der Waals surface area (Å²) in [5, 5.41) is 10.0. The van der Waals surface area contributed by atoms with Gasteiger partial charge in [-0.05, 0) is 18.9 Å². The monoisotopic (exact) mass is 255 g/mol. The van der Waals surface area contributed by atoms with Crippen LogP contribution in [-0.4, -0.2) is 35.2 Å². The van der Waals surface area contributed by atoms with Crippen molar-refractivity contribution in [1.29, 1.82) is 0 Å². The van der Waals surface area contributed by atoms with E-state index < -0.39 is 5.97 Å². The van der Waals surface area contributed by atoms with Gasteiger partial charge in [0.25, 0.3) is 5.91 Å². The molecule has 1 heterocycles. The van der Waals surface area contributed by atoms with Crippen molar-refractivity contribution in [2.75, 3.05) is 7.11 Å². The topological polar surface area (TPSA) is 81.2 Å². The Labute approximate surface area is 102 Å². The van der Waals surface area contributed by atoms with Gasteiger partial charge in [0.15, 0.2) is 11.4 Å². The van der Waals surface area contributed by atoms with Crippen LogP contribution in [-0.2, 0) is 4.74 Å². The number of carbonyl (C=O) groups excluding carboxylic acids is 2. The largest absolute Gasteiger partial charge is 0.464 e. The lowest BCUT2D eigenvalue weighted by Gasteiger charge is -2.04. The number of hydrogen-bond donors (Lipinski definition) is 1. The second kappa shape index (κ2) is 4.67. The molecule has 0 bridgehead atoms. The maximum absolute atomic E-state index is 11.6. The third kappa shape index (κ3) is 2.71. The van der Waals surface area contributed by atoms with Gasteiger partial charge in [0.05, 0.1) is 12.1 Å². The van der Waals surface area contributed by atoms with Crippen LogP contribution in [0.15, 0.2) is 6.07 Å². The highest BCUT2D eigenvalue weighted by Crippen LogP contribution is 2.20. The molecule has 1 aliphatic rings. The standard InChI is InChI=1S/C10H10ClN3O3/c1-17-10(16)8-6(11)4-7(13-14-8)9(15)12-5-2-3-5/h4-5H,2-3H2,1H3,(H,12,15). The van der Waals surface area contributed by atoms with Crippen LogP contribution in [0.25, 0.3) is 0 Å². The number of ether oxygens (including phenoxy) is 1. The molecule has 0 spiro atoms. The molecule has 1 aliphatic carbocycles. The van der Waals surface area contributed by atoms with Crippen molar-refractivity contribution < 1.29 is 14.3 Å². The number of methoxy groups -OCH3 is 1. The summed E-state index contributed by atoms with van der Waals surface area (Å²) in [7, 11) is 1.22. The van der Waals surface area contributed by atoms with Crippen LogP contribution in [0.3, 0.4) is 0 Å². The van der Waals surface area contributed by atoms with E-state index in [1.807, 2.05) is 0 Å². The highest BCUT2D eigenvalue weighted by atomic mass is 35.5. The smallest absolute Gasteiger partial charge is 0.360 e. The molecule has 1 fully saturated rings. The summed E-state index contributed by atoms with van der Waals surface area (Å²) in [5.41, 5.74) is -0.00769. The van der Waals surface area contributed by atoms with Gasteiger partial charge in [0.1, 0.15) is 0 Å². The fraction of sp³-hybridized carbons (Fsp3) is 0.400. The third-order valence-electron chi connectivity index (χ3n) is 2.27. The molecule has 1 aromatic heterocycles. The zero-order valence-electron chi connectivity index (χ0n) is 9.07. The molecule has 1 amide bonds. The summed E-state index contributed by atoms with van der Waals surface area (Å²) in [6.45, 7) is 0. The third-order valence-corrected chi connectivity index (χ3v) is 2.56. The van der Waals surface area contributed by atoms with Crippen LogP contribution in [0.2, 0.25) is 5.02 Å². The number of rotatable bonds is 3. The van der Waals surface area contributed by atoms with Gasteiger partial charge in [0, 0.05) is 6.04 Å². The van der Waals surface area contributed by atoms with E-state index >= 15 is 0 Å². The van der Waals surface area contributed by atoms with Gasteiger partial charge in [-0.3, -0.25) is 4.79 Å². The van der Waals surface area contributed by atoms with Gasteiger partial charge in [-0.15, -0.1) is 10.2 Å². The van der Waals surface area contributed by atoms with Crippen molar-refractivity contribution in [3.05, 3.63) is 22.5 Å². The molecule has 0 saturated heterocycles. The SMILES string of the molecule is COC(=O)c1nnc(C(=O)NC2CC2)cc1Cl. The van der Waals surface area contributed by atoms with Crippen LogP contribution in [0, 0.1) is 0 Å². The summed E-state index contributed by atoms with van der Waals surface area (Å²) < 4.78 is 4.47. The number of carbonyl (C=O) groups is 2. The van der Waals surface area contributed by atoms with E-state index in [9.17, 15) is 9.59 Å². The lowest BCUT2D eigenvalue weighted by Crippen LogP contribution is -2.27. The Bertz CT molecular complexity index is 474. The van der Waals surface area contributed by atoms with E-state index in [0.717, 1.165) is 12.8 Å². The Morgan fingerprint density at radius 2 is 2.18 bits per heavy atom. The van der Waals surface area contributed by atoms with Gasteiger partial charge >= 0.3 is 5.97 Å². The van der Waals surface area contributed by atoms with Gasteiger partial charge in [-0.1, -0.05) is 11.6 Å². The Hall–Kier alpha value is -1.69. The van der Waals surface area contributed by atoms with Gasteiger partial charge in [-0.25, -0.2) is 4.79 Å². The van der Waals surface area contributed by atoms with Crippen molar-refractivity contribution in [3.63, 3.8) is 0 Å². The molecule has 0 aliphatic heterocycles. The molecule has 0 radical (unpaired) electrons. The average Bonchev–Trinajstić information content (AvgIpc) is 3.11. The highest BCUT2D eigenvalue weighted by Gasteiger charge is 2.25. The van der Waals surface area contributed by atoms with Crippen LogP contribution in [0.5, 0.6) is 0 Å². The minimum atomic E-state index is -0.684. The van der Waals surface area contributed by atoms with Crippen molar-refractivity contribution >= 4 is 23.5 Å². The molecular weight excluding hydrogens is 246 g/mol. The van der Waals surface area contributed by atoms with Crippen molar-refractivity contribution in [1.82, 2.24) is 15.5 Å². The number of halogens is 1. The predicted octanol–water partition coefficient (Wildman–Crippen LogP) is 0.809. The van der Waals surface area contributed by atoms with E-state index in [1.54, 1.807) is 0 Å². The van der Waals surface area contributed by atoms with Gasteiger partial charge in [0.2, 0.25) is 0 Å². The summed E-state index contributed by atoms with van der Waals surface area (Å²) in [4.78, 5) is 22.8. The Morgan fingerprint density at radius 3 is 2.71 bits per heavy atom. The summed E-state index contributed by atoms with van der Waals surface area (Å²) in [6, 6.07) is 1.53. The molecule has 1 aromatic rings. The zero-order valence-corrected chi connectivity index (χ0v) is 9.82. The Balaban J connectivity index is 2.17. The van der Waals surface area contributed by atoms with E-state index in [0.29, 0.717) is 0 Å². The molecule has 1 saturated carbocycles. The normalized spacial score (nSPS) is 14.2. The maximum Gasteiger partial charge on any atom is 0.360 e. The van der Waals surface area contributed by atoms with Crippen molar-refractivity contribution in [2.24, 2.45) is 0 Å². The zero-order chi connectivity index (χ0) is 12.4. The Morgan fingerprint density at radius 1 is 1.47 bits per heavy atom. The van der Waals surface area contributed by atoms with Crippen LogP contribution < -0.4 is 5.32 Å². The average molecular weight is 256 g/mol. The first-order chi connectivity index (χ1) is 8.11. The molecule has 0 unspecified atom stereocenters. The molecule has 1 N–H and O–H groups in total. The van der Waals surface area contributed by atoms with Crippen LogP contribution >= 0.6 is 11.6 Å². The molecule has 17 heavy (non-hydrogen) atoms. The van der Waals surface area contributed by atoms with Crippen molar-refractivity contribution in [2.45, 2.75) is 18.9 Å². The number of nitrogens with zero attached hydrogens (tertiary/aromatic N) is 2. The summed E-state index contributed by atoms with van der Waals surface area (Å²) >= 11 is 5.82. The number of hydrogen-bond acceptors (Lipinski definition) is 5. The molecule has 0 atom stereocenters. The molecular formula is C10H10ClN3O3.